The Kier molecular flexibility index (Phi) is 5.10. The molecular weight excluding hydrogens is 349 g/mol. The van der Waals surface area contributed by atoms with Crippen LogP contribution in [0.3, 0.4) is 0 Å². The zero-order valence-electron chi connectivity index (χ0n) is 15.0. The number of hydrogen-bond donors (Lipinski definition) is 0. The molecule has 2 nitrogen and oxygen atoms in total. The van der Waals surface area contributed by atoms with Crippen LogP contribution in [-0.4, -0.2) is 11.6 Å². The molecule has 0 N–H and O–H groups in total. The lowest BCUT2D eigenvalue weighted by Gasteiger charge is -2.21. The largest absolute Gasteiger partial charge is 0.368 e. The monoisotopic (exact) mass is 371 g/mol. The molecule has 136 valence electrons. The SMILES string of the molecule is CCCC1CC=C(c2ccc(-c3ccc(C4CO4)c(F)c3Cl)cn2)CC1. The predicted octanol–water partition coefficient (Wildman–Crippen LogP) is 6.60. The number of hydrogen-bond acceptors (Lipinski definition) is 2. The van der Waals surface area contributed by atoms with E-state index in [1.807, 2.05) is 18.2 Å². The van der Waals surface area contributed by atoms with Crippen molar-refractivity contribution in [2.75, 3.05) is 6.61 Å². The standard InChI is InChI=1S/C22H23ClFNO/c1-2-3-14-4-6-15(7-5-14)19-11-8-16(12-25-19)17-9-10-18(20-13-26-20)22(24)21(17)23/h6,8-12,14,20H,2-5,7,13H2,1H3. The van der Waals surface area contributed by atoms with Gasteiger partial charge in [0.05, 0.1) is 17.3 Å². The Hall–Kier alpha value is -1.71. The summed E-state index contributed by atoms with van der Waals surface area (Å²) in [6.45, 7) is 2.81. The molecular formula is C22H23ClFNO. The van der Waals surface area contributed by atoms with E-state index in [-0.39, 0.29) is 16.9 Å². The van der Waals surface area contributed by atoms with Crippen molar-refractivity contribution in [3.05, 3.63) is 58.6 Å². The average Bonchev–Trinajstić information content (AvgIpc) is 3.50. The van der Waals surface area contributed by atoms with Crippen molar-refractivity contribution in [1.29, 1.82) is 0 Å². The molecule has 1 saturated heterocycles. The average molecular weight is 372 g/mol. The molecule has 2 heterocycles. The lowest BCUT2D eigenvalue weighted by Crippen LogP contribution is -2.05. The summed E-state index contributed by atoms with van der Waals surface area (Å²) >= 11 is 6.27. The first-order chi connectivity index (χ1) is 12.7. The number of ether oxygens (including phenoxy) is 1. The Balaban J connectivity index is 1.54. The number of benzene rings is 1. The summed E-state index contributed by atoms with van der Waals surface area (Å²) in [6, 6.07) is 7.62. The van der Waals surface area contributed by atoms with E-state index in [2.05, 4.69) is 18.0 Å². The summed E-state index contributed by atoms with van der Waals surface area (Å²) in [7, 11) is 0. The molecule has 26 heavy (non-hydrogen) atoms. The normalized spacial score (nSPS) is 22.2. The first-order valence-electron chi connectivity index (χ1n) is 9.42. The Bertz CT molecular complexity index is 827. The van der Waals surface area contributed by atoms with Gasteiger partial charge in [0.25, 0.3) is 0 Å². The maximum absolute atomic E-state index is 14.5. The van der Waals surface area contributed by atoms with Crippen molar-refractivity contribution in [3.63, 3.8) is 0 Å². The zero-order chi connectivity index (χ0) is 18.1. The van der Waals surface area contributed by atoms with Crippen molar-refractivity contribution in [1.82, 2.24) is 4.98 Å². The van der Waals surface area contributed by atoms with E-state index >= 15 is 0 Å². The fraction of sp³-hybridized carbons (Fsp3) is 0.409. The van der Waals surface area contributed by atoms with E-state index in [0.717, 1.165) is 30.0 Å². The predicted molar refractivity (Wildman–Crippen MR) is 104 cm³/mol. The second kappa shape index (κ2) is 7.50. The minimum atomic E-state index is -0.382. The van der Waals surface area contributed by atoms with Crippen molar-refractivity contribution in [2.45, 2.75) is 45.1 Å². The van der Waals surface area contributed by atoms with Gasteiger partial charge in [-0.3, -0.25) is 4.98 Å². The van der Waals surface area contributed by atoms with Gasteiger partial charge in [-0.1, -0.05) is 55.6 Å². The van der Waals surface area contributed by atoms with E-state index in [1.165, 1.54) is 24.8 Å². The summed E-state index contributed by atoms with van der Waals surface area (Å²) < 4.78 is 19.6. The molecule has 0 saturated carbocycles. The molecule has 4 rings (SSSR count). The minimum absolute atomic E-state index is 0.142. The fourth-order valence-electron chi connectivity index (χ4n) is 3.80. The summed E-state index contributed by atoms with van der Waals surface area (Å²) in [5.74, 6) is 0.437. The third-order valence-electron chi connectivity index (χ3n) is 5.41. The molecule has 0 radical (unpaired) electrons. The molecule has 4 heteroatoms. The molecule has 0 bridgehead atoms. The van der Waals surface area contributed by atoms with Crippen LogP contribution in [0.4, 0.5) is 4.39 Å². The molecule has 1 aliphatic heterocycles. The summed E-state index contributed by atoms with van der Waals surface area (Å²) in [4.78, 5) is 4.62. The van der Waals surface area contributed by atoms with Gasteiger partial charge in [-0.05, 0) is 36.8 Å². The van der Waals surface area contributed by atoms with Gasteiger partial charge >= 0.3 is 0 Å². The number of nitrogens with zero attached hydrogens (tertiary/aromatic N) is 1. The lowest BCUT2D eigenvalue weighted by atomic mass is 9.85. The number of rotatable bonds is 5. The Morgan fingerprint density at radius 3 is 2.73 bits per heavy atom. The van der Waals surface area contributed by atoms with E-state index in [0.29, 0.717) is 17.7 Å². The van der Waals surface area contributed by atoms with Crippen LogP contribution < -0.4 is 0 Å². The van der Waals surface area contributed by atoms with Crippen LogP contribution in [-0.2, 0) is 4.74 Å². The lowest BCUT2D eigenvalue weighted by molar-refractivity contribution is 0.408. The Morgan fingerprint density at radius 1 is 1.27 bits per heavy atom. The maximum Gasteiger partial charge on any atom is 0.148 e. The number of pyridine rings is 1. The molecule has 2 atom stereocenters. The van der Waals surface area contributed by atoms with Crippen LogP contribution in [0.15, 0.2) is 36.5 Å². The molecule has 1 aliphatic carbocycles. The van der Waals surface area contributed by atoms with Gasteiger partial charge in [0.15, 0.2) is 0 Å². The summed E-state index contributed by atoms with van der Waals surface area (Å²) in [5.41, 5.74) is 4.39. The number of halogens is 2. The van der Waals surface area contributed by atoms with Crippen molar-refractivity contribution in [3.8, 4) is 11.1 Å². The highest BCUT2D eigenvalue weighted by molar-refractivity contribution is 6.33. The number of epoxide rings is 1. The molecule has 1 fully saturated rings. The fourth-order valence-corrected chi connectivity index (χ4v) is 4.08. The van der Waals surface area contributed by atoms with Gasteiger partial charge < -0.3 is 4.74 Å². The molecule has 2 unspecified atom stereocenters. The third kappa shape index (κ3) is 3.56. The van der Waals surface area contributed by atoms with Gasteiger partial charge in [-0.15, -0.1) is 0 Å². The topological polar surface area (TPSA) is 25.4 Å². The van der Waals surface area contributed by atoms with Crippen LogP contribution in [0.2, 0.25) is 5.02 Å². The van der Waals surface area contributed by atoms with Gasteiger partial charge in [0.2, 0.25) is 0 Å². The first-order valence-corrected chi connectivity index (χ1v) is 9.80. The maximum atomic E-state index is 14.5. The summed E-state index contributed by atoms with van der Waals surface area (Å²) in [6.07, 6.45) is 10.0. The van der Waals surface area contributed by atoms with Crippen LogP contribution >= 0.6 is 11.6 Å². The second-order valence-corrected chi connectivity index (χ2v) is 7.62. The highest BCUT2D eigenvalue weighted by Crippen LogP contribution is 2.39. The van der Waals surface area contributed by atoms with Crippen molar-refractivity contribution in [2.24, 2.45) is 5.92 Å². The highest BCUT2D eigenvalue weighted by atomic mass is 35.5. The number of allylic oxidation sites excluding steroid dienone is 2. The molecule has 2 aliphatic rings. The Morgan fingerprint density at radius 2 is 2.12 bits per heavy atom. The van der Waals surface area contributed by atoms with E-state index in [9.17, 15) is 4.39 Å². The molecule has 2 aromatic rings. The molecule has 0 amide bonds. The number of aromatic nitrogens is 1. The summed E-state index contributed by atoms with van der Waals surface area (Å²) in [5, 5.41) is 0.145. The van der Waals surface area contributed by atoms with Gasteiger partial charge in [-0.2, -0.15) is 0 Å². The zero-order valence-corrected chi connectivity index (χ0v) is 15.7. The van der Waals surface area contributed by atoms with Crippen molar-refractivity contribution < 1.29 is 9.13 Å². The van der Waals surface area contributed by atoms with Crippen LogP contribution in [0, 0.1) is 11.7 Å². The molecule has 0 spiro atoms. The molecule has 1 aromatic heterocycles. The second-order valence-electron chi connectivity index (χ2n) is 7.24. The smallest absolute Gasteiger partial charge is 0.148 e. The van der Waals surface area contributed by atoms with Gasteiger partial charge in [-0.25, -0.2) is 4.39 Å². The quantitative estimate of drug-likeness (QED) is 0.553. The van der Waals surface area contributed by atoms with Crippen LogP contribution in [0.5, 0.6) is 0 Å². The van der Waals surface area contributed by atoms with E-state index in [1.54, 1.807) is 12.3 Å². The van der Waals surface area contributed by atoms with Crippen LogP contribution in [0.25, 0.3) is 16.7 Å². The van der Waals surface area contributed by atoms with Crippen molar-refractivity contribution >= 4 is 17.2 Å². The Labute approximate surface area is 159 Å². The van der Waals surface area contributed by atoms with Gasteiger partial charge in [0.1, 0.15) is 11.9 Å². The highest BCUT2D eigenvalue weighted by Gasteiger charge is 2.29. The minimum Gasteiger partial charge on any atom is -0.368 e. The van der Waals surface area contributed by atoms with Crippen LogP contribution in [0.1, 0.15) is 56.4 Å². The third-order valence-corrected chi connectivity index (χ3v) is 5.78. The van der Waals surface area contributed by atoms with Gasteiger partial charge in [0, 0.05) is 22.9 Å². The molecule has 1 aromatic carbocycles. The first kappa shape index (κ1) is 17.7. The van der Waals surface area contributed by atoms with E-state index < -0.39 is 0 Å². The van der Waals surface area contributed by atoms with E-state index in [4.69, 9.17) is 16.3 Å².